The fourth-order valence-corrected chi connectivity index (χ4v) is 1.97. The molecule has 0 saturated carbocycles. The summed E-state index contributed by atoms with van der Waals surface area (Å²) in [7, 11) is 0. The molecule has 0 spiro atoms. The highest BCUT2D eigenvalue weighted by Crippen LogP contribution is 2.10. The maximum atomic E-state index is 11.4. The van der Waals surface area contributed by atoms with Crippen molar-refractivity contribution in [3.63, 3.8) is 0 Å². The van der Waals surface area contributed by atoms with Crippen LogP contribution in [0.3, 0.4) is 0 Å². The second-order valence-corrected chi connectivity index (χ2v) is 4.39. The van der Waals surface area contributed by atoms with Gasteiger partial charge in [-0.15, -0.1) is 0 Å². The summed E-state index contributed by atoms with van der Waals surface area (Å²) in [5, 5.41) is 6.61. The number of aromatic nitrogens is 1. The highest BCUT2D eigenvalue weighted by Gasteiger charge is 2.14. The van der Waals surface area contributed by atoms with E-state index in [0.29, 0.717) is 18.1 Å². The van der Waals surface area contributed by atoms with Gasteiger partial charge in [0.25, 0.3) is 0 Å². The van der Waals surface area contributed by atoms with Gasteiger partial charge in [-0.05, 0) is 44.5 Å². The minimum Gasteiger partial charge on any atom is -0.462 e. The van der Waals surface area contributed by atoms with Crippen LogP contribution >= 0.6 is 0 Å². The zero-order valence-corrected chi connectivity index (χ0v) is 10.6. The Bertz CT molecular complexity index is 386. The largest absolute Gasteiger partial charge is 0.462 e. The number of ether oxygens (including phenoxy) is 1. The van der Waals surface area contributed by atoms with Crippen molar-refractivity contribution in [3.8, 4) is 0 Å². The van der Waals surface area contributed by atoms with Crippen molar-refractivity contribution in [2.75, 3.05) is 31.6 Å². The predicted octanol–water partition coefficient (Wildman–Crippen LogP) is 1.28. The number of hydrogen-bond acceptors (Lipinski definition) is 5. The molecule has 1 saturated heterocycles. The molecule has 1 aliphatic rings. The maximum absolute atomic E-state index is 11.4. The van der Waals surface area contributed by atoms with E-state index in [4.69, 9.17) is 4.74 Å². The topological polar surface area (TPSA) is 63.2 Å². The normalized spacial score (nSPS) is 18.6. The Morgan fingerprint density at radius 2 is 2.50 bits per heavy atom. The van der Waals surface area contributed by atoms with E-state index in [9.17, 15) is 4.79 Å². The lowest BCUT2D eigenvalue weighted by Gasteiger charge is -2.10. The van der Waals surface area contributed by atoms with Crippen LogP contribution in [0.5, 0.6) is 0 Å². The van der Waals surface area contributed by atoms with Gasteiger partial charge in [-0.3, -0.25) is 0 Å². The van der Waals surface area contributed by atoms with E-state index >= 15 is 0 Å². The lowest BCUT2D eigenvalue weighted by Crippen LogP contribution is -2.17. The maximum Gasteiger partial charge on any atom is 0.339 e. The lowest BCUT2D eigenvalue weighted by molar-refractivity contribution is 0.0526. The molecule has 98 valence electrons. The molecule has 5 nitrogen and oxygen atoms in total. The molecular weight excluding hydrogens is 230 g/mol. The summed E-state index contributed by atoms with van der Waals surface area (Å²) in [6.45, 7) is 5.25. The number of carbonyl (C=O) groups is 1. The van der Waals surface area contributed by atoms with Crippen LogP contribution in [0.25, 0.3) is 0 Å². The van der Waals surface area contributed by atoms with Crippen LogP contribution in [-0.2, 0) is 4.74 Å². The zero-order valence-electron chi connectivity index (χ0n) is 10.6. The average molecular weight is 249 g/mol. The number of pyridine rings is 1. The Balaban J connectivity index is 1.85. The van der Waals surface area contributed by atoms with Crippen LogP contribution in [0.2, 0.25) is 0 Å². The summed E-state index contributed by atoms with van der Waals surface area (Å²) in [6, 6.07) is 3.55. The van der Waals surface area contributed by atoms with Gasteiger partial charge in [0.2, 0.25) is 0 Å². The number of esters is 1. The third-order valence-electron chi connectivity index (χ3n) is 3.01. The Kier molecular flexibility index (Phi) is 4.52. The molecule has 1 fully saturated rings. The van der Waals surface area contributed by atoms with E-state index in [1.165, 1.54) is 6.42 Å². The van der Waals surface area contributed by atoms with Gasteiger partial charge in [0.15, 0.2) is 0 Å². The van der Waals surface area contributed by atoms with E-state index in [1.807, 2.05) is 6.07 Å². The summed E-state index contributed by atoms with van der Waals surface area (Å²) in [6.07, 6.45) is 2.75. The van der Waals surface area contributed by atoms with Crippen LogP contribution in [0.4, 0.5) is 5.82 Å². The Hall–Kier alpha value is -1.62. The molecule has 1 unspecified atom stereocenters. The number of rotatable bonds is 5. The van der Waals surface area contributed by atoms with E-state index < -0.39 is 0 Å². The molecular formula is C13H19N3O2. The molecule has 2 heterocycles. The predicted molar refractivity (Wildman–Crippen MR) is 69.7 cm³/mol. The van der Waals surface area contributed by atoms with E-state index in [-0.39, 0.29) is 5.97 Å². The first-order valence-electron chi connectivity index (χ1n) is 6.37. The SMILES string of the molecule is CCOC(=O)c1ccc(NCC2CCNC2)nc1. The fraction of sp³-hybridized carbons (Fsp3) is 0.538. The Labute approximate surface area is 107 Å². The fourth-order valence-electron chi connectivity index (χ4n) is 1.97. The minimum absolute atomic E-state index is 0.323. The Morgan fingerprint density at radius 3 is 3.11 bits per heavy atom. The third-order valence-corrected chi connectivity index (χ3v) is 3.01. The quantitative estimate of drug-likeness (QED) is 0.770. The third kappa shape index (κ3) is 3.43. The van der Waals surface area contributed by atoms with Gasteiger partial charge in [-0.2, -0.15) is 0 Å². The van der Waals surface area contributed by atoms with Gasteiger partial charge in [0.05, 0.1) is 12.2 Å². The standard InChI is InChI=1S/C13H19N3O2/c1-2-18-13(17)11-3-4-12(16-9-11)15-8-10-5-6-14-7-10/h3-4,9-10,14H,2,5-8H2,1H3,(H,15,16). The van der Waals surface area contributed by atoms with E-state index in [1.54, 1.807) is 19.2 Å². The molecule has 1 aliphatic heterocycles. The number of nitrogens with one attached hydrogen (secondary N) is 2. The Morgan fingerprint density at radius 1 is 1.61 bits per heavy atom. The van der Waals surface area contributed by atoms with Crippen LogP contribution in [0.1, 0.15) is 23.7 Å². The van der Waals surface area contributed by atoms with Gasteiger partial charge >= 0.3 is 5.97 Å². The molecule has 1 aromatic heterocycles. The van der Waals surface area contributed by atoms with Crippen molar-refractivity contribution in [2.24, 2.45) is 5.92 Å². The van der Waals surface area contributed by atoms with Crippen molar-refractivity contribution in [3.05, 3.63) is 23.9 Å². The van der Waals surface area contributed by atoms with Crippen LogP contribution in [0.15, 0.2) is 18.3 Å². The van der Waals surface area contributed by atoms with Gasteiger partial charge in [-0.1, -0.05) is 0 Å². The molecule has 0 bridgehead atoms. The summed E-state index contributed by atoms with van der Waals surface area (Å²) in [5.41, 5.74) is 0.491. The molecule has 18 heavy (non-hydrogen) atoms. The first kappa shape index (κ1) is 12.8. The zero-order chi connectivity index (χ0) is 12.8. The summed E-state index contributed by atoms with van der Waals surface area (Å²) < 4.78 is 4.90. The van der Waals surface area contributed by atoms with E-state index in [2.05, 4.69) is 15.6 Å². The molecule has 2 N–H and O–H groups in total. The lowest BCUT2D eigenvalue weighted by atomic mass is 10.1. The highest BCUT2D eigenvalue weighted by atomic mass is 16.5. The van der Waals surface area contributed by atoms with Gasteiger partial charge in [0, 0.05) is 12.7 Å². The first-order valence-corrected chi connectivity index (χ1v) is 6.37. The first-order chi connectivity index (χ1) is 8.79. The van der Waals surface area contributed by atoms with Crippen molar-refractivity contribution in [1.29, 1.82) is 0 Å². The van der Waals surface area contributed by atoms with E-state index in [0.717, 1.165) is 25.5 Å². The smallest absolute Gasteiger partial charge is 0.339 e. The molecule has 0 aromatic carbocycles. The summed E-state index contributed by atoms with van der Waals surface area (Å²) >= 11 is 0. The van der Waals surface area contributed by atoms with Crippen molar-refractivity contribution >= 4 is 11.8 Å². The van der Waals surface area contributed by atoms with Crippen LogP contribution in [0, 0.1) is 5.92 Å². The van der Waals surface area contributed by atoms with Crippen LogP contribution < -0.4 is 10.6 Å². The molecule has 0 aliphatic carbocycles. The van der Waals surface area contributed by atoms with Gasteiger partial charge in [0.1, 0.15) is 5.82 Å². The van der Waals surface area contributed by atoms with Gasteiger partial charge in [-0.25, -0.2) is 9.78 Å². The number of hydrogen-bond donors (Lipinski definition) is 2. The summed E-state index contributed by atoms with van der Waals surface area (Å²) in [5.74, 6) is 1.14. The molecule has 5 heteroatoms. The van der Waals surface area contributed by atoms with Gasteiger partial charge < -0.3 is 15.4 Å². The number of anilines is 1. The molecule has 0 amide bonds. The minimum atomic E-state index is -0.323. The molecule has 1 atom stereocenters. The number of carbonyl (C=O) groups excluding carboxylic acids is 1. The van der Waals surface area contributed by atoms with Crippen molar-refractivity contribution < 1.29 is 9.53 Å². The summed E-state index contributed by atoms with van der Waals surface area (Å²) in [4.78, 5) is 15.6. The molecule has 0 radical (unpaired) electrons. The van der Waals surface area contributed by atoms with Crippen LogP contribution in [-0.4, -0.2) is 37.2 Å². The monoisotopic (exact) mass is 249 g/mol. The average Bonchev–Trinajstić information content (AvgIpc) is 2.90. The second-order valence-electron chi connectivity index (χ2n) is 4.39. The molecule has 1 aromatic rings. The second kappa shape index (κ2) is 6.35. The van der Waals surface area contributed by atoms with Crippen molar-refractivity contribution in [1.82, 2.24) is 10.3 Å². The highest BCUT2D eigenvalue weighted by molar-refractivity contribution is 5.89. The molecule has 2 rings (SSSR count). The number of nitrogens with zero attached hydrogens (tertiary/aromatic N) is 1. The van der Waals surface area contributed by atoms with Crippen molar-refractivity contribution in [2.45, 2.75) is 13.3 Å².